The highest BCUT2D eigenvalue weighted by molar-refractivity contribution is 6.14. The van der Waals surface area contributed by atoms with Crippen molar-refractivity contribution in [2.24, 2.45) is 0 Å². The monoisotopic (exact) mass is 390 g/mol. The van der Waals surface area contributed by atoms with Crippen LogP contribution in [0.15, 0.2) is 65.3 Å². The Bertz CT molecular complexity index is 1490. The molecule has 0 amide bonds. The molecule has 5 aromatic rings. The van der Waals surface area contributed by atoms with Crippen LogP contribution in [0.1, 0.15) is 36.1 Å². The van der Waals surface area contributed by atoms with Gasteiger partial charge >= 0.3 is 0 Å². The number of hydrogen-bond acceptors (Lipinski definition) is 3. The van der Waals surface area contributed by atoms with Crippen LogP contribution in [0.5, 0.6) is 0 Å². The second kappa shape index (κ2) is 5.79. The minimum absolute atomic E-state index is 0.0943. The molecule has 6 rings (SSSR count). The molecule has 146 valence electrons. The fraction of sp³-hybridized carbons (Fsp3) is 0.185. The summed E-state index contributed by atoms with van der Waals surface area (Å²) in [6.07, 6.45) is 3.74. The number of fused-ring (bicyclic) bond motifs is 7. The number of hydrogen-bond donors (Lipinski definition) is 0. The summed E-state index contributed by atoms with van der Waals surface area (Å²) in [5.41, 5.74) is 10.8. The largest absolute Gasteiger partial charge is 0.455 e. The highest BCUT2D eigenvalue weighted by Gasteiger charge is 2.38. The molecule has 3 heteroatoms. The molecule has 3 heterocycles. The third-order valence-corrected chi connectivity index (χ3v) is 6.58. The molecule has 0 fully saturated rings. The Balaban J connectivity index is 1.76. The molecule has 0 saturated heterocycles. The predicted octanol–water partition coefficient (Wildman–Crippen LogP) is 6.97. The van der Waals surface area contributed by atoms with Gasteiger partial charge in [0.05, 0.1) is 11.4 Å². The van der Waals surface area contributed by atoms with E-state index in [-0.39, 0.29) is 5.41 Å². The van der Waals surface area contributed by atoms with Crippen LogP contribution < -0.4 is 0 Å². The first-order valence-corrected chi connectivity index (χ1v) is 10.3. The number of benzene rings is 2. The lowest BCUT2D eigenvalue weighted by molar-refractivity contribution is 0.653. The van der Waals surface area contributed by atoms with Gasteiger partial charge in [-0.05, 0) is 54.3 Å². The molecule has 0 N–H and O–H groups in total. The molecule has 3 nitrogen and oxygen atoms in total. The Kier molecular flexibility index (Phi) is 3.36. The van der Waals surface area contributed by atoms with Gasteiger partial charge in [-0.2, -0.15) is 0 Å². The van der Waals surface area contributed by atoms with Gasteiger partial charge in [0.2, 0.25) is 0 Å². The normalized spacial score (nSPS) is 14.3. The van der Waals surface area contributed by atoms with E-state index in [1.807, 2.05) is 24.5 Å². The zero-order valence-electron chi connectivity index (χ0n) is 17.6. The Hall–Kier alpha value is -3.46. The maximum Gasteiger partial charge on any atom is 0.145 e. The minimum Gasteiger partial charge on any atom is -0.455 e. The summed E-state index contributed by atoms with van der Waals surface area (Å²) in [7, 11) is 0. The van der Waals surface area contributed by atoms with E-state index in [0.717, 1.165) is 50.0 Å². The van der Waals surface area contributed by atoms with Gasteiger partial charge in [0, 0.05) is 39.7 Å². The lowest BCUT2D eigenvalue weighted by Crippen LogP contribution is -2.14. The lowest BCUT2D eigenvalue weighted by Gasteiger charge is -2.20. The van der Waals surface area contributed by atoms with Gasteiger partial charge in [-0.25, -0.2) is 0 Å². The third kappa shape index (κ3) is 2.15. The van der Waals surface area contributed by atoms with Gasteiger partial charge in [-0.3, -0.25) is 9.97 Å². The van der Waals surface area contributed by atoms with Gasteiger partial charge in [0.15, 0.2) is 0 Å². The zero-order valence-corrected chi connectivity index (χ0v) is 17.6. The molecule has 0 bridgehead atoms. The van der Waals surface area contributed by atoms with Crippen molar-refractivity contribution in [3.8, 4) is 22.5 Å². The first-order chi connectivity index (χ1) is 14.5. The van der Waals surface area contributed by atoms with Crippen molar-refractivity contribution >= 4 is 21.9 Å². The summed E-state index contributed by atoms with van der Waals surface area (Å²) in [6.45, 7) is 8.74. The Morgan fingerprint density at radius 1 is 0.767 bits per heavy atom. The van der Waals surface area contributed by atoms with Crippen molar-refractivity contribution in [1.82, 2.24) is 9.97 Å². The van der Waals surface area contributed by atoms with Crippen LogP contribution in [0.2, 0.25) is 0 Å². The number of aromatic nitrogens is 2. The quantitative estimate of drug-likeness (QED) is 0.310. The van der Waals surface area contributed by atoms with Crippen molar-refractivity contribution in [1.29, 1.82) is 0 Å². The third-order valence-electron chi connectivity index (χ3n) is 6.58. The molecule has 0 saturated carbocycles. The summed E-state index contributed by atoms with van der Waals surface area (Å²) in [5.74, 6) is 0. The molecule has 2 aromatic carbocycles. The predicted molar refractivity (Wildman–Crippen MR) is 122 cm³/mol. The maximum absolute atomic E-state index is 6.67. The van der Waals surface area contributed by atoms with Crippen LogP contribution in [0.4, 0.5) is 0 Å². The first-order valence-electron chi connectivity index (χ1n) is 10.3. The van der Waals surface area contributed by atoms with E-state index in [2.05, 4.69) is 69.1 Å². The zero-order chi connectivity index (χ0) is 20.6. The van der Waals surface area contributed by atoms with Crippen LogP contribution in [0.3, 0.4) is 0 Å². The summed E-state index contributed by atoms with van der Waals surface area (Å²) in [5, 5.41) is 2.26. The van der Waals surface area contributed by atoms with Crippen LogP contribution >= 0.6 is 0 Å². The second-order valence-electron chi connectivity index (χ2n) is 8.84. The fourth-order valence-corrected chi connectivity index (χ4v) is 5.00. The molecule has 0 spiro atoms. The molecular formula is C27H22N2O. The van der Waals surface area contributed by atoms with E-state index in [4.69, 9.17) is 9.40 Å². The maximum atomic E-state index is 6.67. The van der Waals surface area contributed by atoms with Crippen molar-refractivity contribution in [3.05, 3.63) is 83.2 Å². The summed E-state index contributed by atoms with van der Waals surface area (Å²) >= 11 is 0. The first kappa shape index (κ1) is 17.4. The van der Waals surface area contributed by atoms with Gasteiger partial charge in [-0.1, -0.05) is 44.2 Å². The van der Waals surface area contributed by atoms with Crippen molar-refractivity contribution in [2.75, 3.05) is 0 Å². The fourth-order valence-electron chi connectivity index (χ4n) is 5.00. The topological polar surface area (TPSA) is 38.9 Å². The van der Waals surface area contributed by atoms with Gasteiger partial charge < -0.3 is 4.42 Å². The average molecular weight is 390 g/mol. The molecular weight excluding hydrogens is 368 g/mol. The second-order valence-corrected chi connectivity index (χ2v) is 8.84. The van der Waals surface area contributed by atoms with E-state index in [9.17, 15) is 0 Å². The standard InChI is InChI=1S/C27H22N2O/c1-15-11-13-28-21(14-15)22-16(2)7-8-17-18-9-10-19-23(26(18)30-25(17)22)24-20(27(19,3)4)6-5-12-29-24/h5-14H,1-4H3. The number of aryl methyl sites for hydroxylation is 2. The number of rotatable bonds is 1. The molecule has 0 aliphatic heterocycles. The molecule has 3 aromatic heterocycles. The highest BCUT2D eigenvalue weighted by atomic mass is 16.3. The van der Waals surface area contributed by atoms with Gasteiger partial charge in [0.1, 0.15) is 11.2 Å². The summed E-state index contributed by atoms with van der Waals surface area (Å²) < 4.78 is 6.67. The number of furan rings is 1. The smallest absolute Gasteiger partial charge is 0.145 e. The van der Waals surface area contributed by atoms with E-state index >= 15 is 0 Å². The van der Waals surface area contributed by atoms with Crippen LogP contribution in [-0.2, 0) is 5.41 Å². The van der Waals surface area contributed by atoms with Crippen LogP contribution in [0, 0.1) is 13.8 Å². The number of nitrogens with zero attached hydrogens (tertiary/aromatic N) is 2. The SMILES string of the molecule is Cc1ccnc(-c2c(C)ccc3c2oc2c4c(ccc23)C(C)(C)c2cccnc2-4)c1. The summed E-state index contributed by atoms with van der Waals surface area (Å²) in [6, 6.07) is 17.1. The minimum atomic E-state index is -0.0943. The van der Waals surface area contributed by atoms with E-state index in [0.29, 0.717) is 0 Å². The lowest BCUT2D eigenvalue weighted by atomic mass is 9.82. The summed E-state index contributed by atoms with van der Waals surface area (Å²) in [4.78, 5) is 9.40. The molecule has 0 unspecified atom stereocenters. The van der Waals surface area contributed by atoms with E-state index in [1.54, 1.807) is 0 Å². The van der Waals surface area contributed by atoms with Crippen LogP contribution in [0.25, 0.3) is 44.5 Å². The Labute approximate surface area is 175 Å². The molecule has 30 heavy (non-hydrogen) atoms. The Morgan fingerprint density at radius 2 is 1.53 bits per heavy atom. The Morgan fingerprint density at radius 3 is 2.33 bits per heavy atom. The number of pyridine rings is 2. The molecule has 1 aliphatic carbocycles. The van der Waals surface area contributed by atoms with Crippen molar-refractivity contribution in [3.63, 3.8) is 0 Å². The molecule has 0 atom stereocenters. The van der Waals surface area contributed by atoms with Crippen molar-refractivity contribution in [2.45, 2.75) is 33.1 Å². The van der Waals surface area contributed by atoms with Gasteiger partial charge in [-0.15, -0.1) is 0 Å². The van der Waals surface area contributed by atoms with E-state index in [1.165, 1.54) is 16.7 Å². The highest BCUT2D eigenvalue weighted by Crippen LogP contribution is 2.52. The van der Waals surface area contributed by atoms with Crippen LogP contribution in [-0.4, -0.2) is 9.97 Å². The average Bonchev–Trinajstić information content (AvgIpc) is 3.21. The van der Waals surface area contributed by atoms with Gasteiger partial charge in [0.25, 0.3) is 0 Å². The van der Waals surface area contributed by atoms with E-state index < -0.39 is 0 Å². The molecule has 0 radical (unpaired) electrons. The van der Waals surface area contributed by atoms with Crippen molar-refractivity contribution < 1.29 is 4.42 Å². The molecule has 1 aliphatic rings.